The van der Waals surface area contributed by atoms with Crippen LogP contribution in [0.25, 0.3) is 5.13 Å². The Morgan fingerprint density at radius 2 is 1.92 bits per heavy atom. The van der Waals surface area contributed by atoms with Crippen LogP contribution >= 0.6 is 22.7 Å². The molecule has 3 aromatic rings. The van der Waals surface area contributed by atoms with Gasteiger partial charge in [0.1, 0.15) is 0 Å². The van der Waals surface area contributed by atoms with E-state index in [1.54, 1.807) is 22.7 Å². The second-order valence-electron chi connectivity index (χ2n) is 5.83. The van der Waals surface area contributed by atoms with Crippen LogP contribution in [0.2, 0.25) is 0 Å². The first kappa shape index (κ1) is 15.6. The number of hydrogen-bond acceptors (Lipinski definition) is 7. The molecule has 1 N–H and O–H groups in total. The number of hydrogen-bond donors (Lipinski definition) is 1. The highest BCUT2D eigenvalue weighted by molar-refractivity contribution is 7.17. The van der Waals surface area contributed by atoms with E-state index in [4.69, 9.17) is 0 Å². The number of aromatic nitrogens is 4. The summed E-state index contributed by atoms with van der Waals surface area (Å²) in [6, 6.07) is 4.15. The molecule has 3 aromatic heterocycles. The Bertz CT molecular complexity index is 755. The molecule has 24 heavy (non-hydrogen) atoms. The number of nitrogens with zero attached hydrogens (tertiary/aromatic N) is 5. The molecule has 0 spiro atoms. The molecule has 0 aromatic carbocycles. The van der Waals surface area contributed by atoms with Crippen LogP contribution in [0.15, 0.2) is 29.9 Å². The first-order valence-corrected chi connectivity index (χ1v) is 9.98. The maximum absolute atomic E-state index is 4.43. The Balaban J connectivity index is 1.49. The Morgan fingerprint density at radius 3 is 2.71 bits per heavy atom. The van der Waals surface area contributed by atoms with Crippen LogP contribution in [0.5, 0.6) is 0 Å². The molecule has 0 saturated carbocycles. The third-order valence-electron chi connectivity index (χ3n) is 4.17. The summed E-state index contributed by atoms with van der Waals surface area (Å²) in [5, 5.41) is 17.1. The molecule has 0 bridgehead atoms. The smallest absolute Gasteiger partial charge is 0.218 e. The van der Waals surface area contributed by atoms with Crippen molar-refractivity contribution in [3.63, 3.8) is 0 Å². The van der Waals surface area contributed by atoms with E-state index in [1.165, 1.54) is 25.7 Å². The lowest BCUT2D eigenvalue weighted by Crippen LogP contribution is -2.23. The van der Waals surface area contributed by atoms with Gasteiger partial charge in [0.15, 0.2) is 5.13 Å². The van der Waals surface area contributed by atoms with E-state index in [0.29, 0.717) is 0 Å². The highest BCUT2D eigenvalue weighted by Gasteiger charge is 2.16. The second-order valence-corrected chi connectivity index (χ2v) is 7.66. The maximum Gasteiger partial charge on any atom is 0.218 e. The zero-order valence-corrected chi connectivity index (χ0v) is 15.0. The van der Waals surface area contributed by atoms with E-state index in [2.05, 4.69) is 36.0 Å². The lowest BCUT2D eigenvalue weighted by atomic mass is 10.2. The highest BCUT2D eigenvalue weighted by Crippen LogP contribution is 2.26. The van der Waals surface area contributed by atoms with Crippen molar-refractivity contribution in [2.45, 2.75) is 32.2 Å². The van der Waals surface area contributed by atoms with Gasteiger partial charge in [-0.2, -0.15) is 0 Å². The summed E-state index contributed by atoms with van der Waals surface area (Å²) in [7, 11) is 0. The molecule has 126 valence electrons. The fourth-order valence-corrected chi connectivity index (χ4v) is 4.36. The summed E-state index contributed by atoms with van der Waals surface area (Å²) in [5.41, 5.74) is 1.16. The van der Waals surface area contributed by atoms with Gasteiger partial charge in [-0.05, 0) is 25.0 Å². The van der Waals surface area contributed by atoms with Gasteiger partial charge in [0, 0.05) is 36.6 Å². The average molecular weight is 361 g/mol. The van der Waals surface area contributed by atoms with Crippen molar-refractivity contribution in [3.8, 4) is 5.13 Å². The predicted molar refractivity (Wildman–Crippen MR) is 99.4 cm³/mol. The predicted octanol–water partition coefficient (Wildman–Crippen LogP) is 3.78. The van der Waals surface area contributed by atoms with Gasteiger partial charge in [0.2, 0.25) is 10.3 Å². The summed E-state index contributed by atoms with van der Waals surface area (Å²) >= 11 is 3.28. The first-order chi connectivity index (χ1) is 11.9. The molecule has 0 unspecified atom stereocenters. The second kappa shape index (κ2) is 7.31. The summed E-state index contributed by atoms with van der Waals surface area (Å²) in [6.07, 6.45) is 9.01. The van der Waals surface area contributed by atoms with Crippen LogP contribution in [0, 0.1) is 0 Å². The van der Waals surface area contributed by atoms with Crippen molar-refractivity contribution in [3.05, 3.63) is 35.6 Å². The molecule has 0 amide bonds. The van der Waals surface area contributed by atoms with Crippen LogP contribution in [0.4, 0.5) is 10.3 Å². The van der Waals surface area contributed by atoms with Crippen LogP contribution < -0.4 is 10.2 Å². The molecule has 1 fully saturated rings. The molecule has 0 atom stereocenters. The quantitative estimate of drug-likeness (QED) is 0.750. The van der Waals surface area contributed by atoms with Crippen molar-refractivity contribution in [1.82, 2.24) is 19.7 Å². The molecule has 8 heteroatoms. The van der Waals surface area contributed by atoms with Gasteiger partial charge in [-0.15, -0.1) is 21.5 Å². The van der Waals surface area contributed by atoms with Crippen molar-refractivity contribution in [2.75, 3.05) is 23.3 Å². The largest absolute Gasteiger partial charge is 0.356 e. The number of thiazole rings is 1. The molecule has 6 nitrogen and oxygen atoms in total. The van der Waals surface area contributed by atoms with Gasteiger partial charge in [-0.3, -0.25) is 4.57 Å². The number of anilines is 2. The summed E-state index contributed by atoms with van der Waals surface area (Å²) in [5.74, 6) is 0. The average Bonchev–Trinajstić information content (AvgIpc) is 3.32. The topological polar surface area (TPSA) is 58.9 Å². The first-order valence-electron chi connectivity index (χ1n) is 8.28. The van der Waals surface area contributed by atoms with Crippen molar-refractivity contribution in [2.24, 2.45) is 0 Å². The summed E-state index contributed by atoms with van der Waals surface area (Å²) in [4.78, 5) is 6.64. The van der Waals surface area contributed by atoms with Gasteiger partial charge < -0.3 is 10.2 Å². The normalized spacial score (nSPS) is 15.4. The minimum atomic E-state index is 0.721. The fourth-order valence-electron chi connectivity index (χ4n) is 2.92. The lowest BCUT2D eigenvalue weighted by molar-refractivity contribution is 0.726. The SMILES string of the molecule is c1cc(CNc2nccs2)n(-c2nnc(N3CCCCCC3)s2)c1. The number of rotatable bonds is 5. The zero-order valence-electron chi connectivity index (χ0n) is 13.4. The lowest BCUT2D eigenvalue weighted by Gasteiger charge is -2.17. The standard InChI is InChI=1S/C16H20N6S2/c1-2-4-9-21(8-3-1)15-19-20-16(24-15)22-10-5-6-13(22)12-18-14-17-7-11-23-14/h5-7,10-11H,1-4,8-9,12H2,(H,17,18). The van der Waals surface area contributed by atoms with E-state index >= 15 is 0 Å². The minimum absolute atomic E-state index is 0.721. The Hall–Kier alpha value is -1.93. The van der Waals surface area contributed by atoms with Crippen molar-refractivity contribution in [1.29, 1.82) is 0 Å². The maximum atomic E-state index is 4.43. The monoisotopic (exact) mass is 360 g/mol. The molecule has 1 aliphatic heterocycles. The third kappa shape index (κ3) is 3.44. The van der Waals surface area contributed by atoms with Crippen molar-refractivity contribution >= 4 is 32.9 Å². The van der Waals surface area contributed by atoms with E-state index < -0.39 is 0 Å². The Labute approximate surface area is 149 Å². The van der Waals surface area contributed by atoms with Crippen LogP contribution in [-0.2, 0) is 6.54 Å². The molecule has 0 aliphatic carbocycles. The van der Waals surface area contributed by atoms with Crippen molar-refractivity contribution < 1.29 is 0 Å². The molecule has 1 saturated heterocycles. The molecule has 1 aliphatic rings. The third-order valence-corrected chi connectivity index (χ3v) is 5.89. The van der Waals surface area contributed by atoms with E-state index in [1.807, 2.05) is 23.8 Å². The van der Waals surface area contributed by atoms with Crippen LogP contribution in [-0.4, -0.2) is 32.8 Å². The van der Waals surface area contributed by atoms with E-state index in [-0.39, 0.29) is 0 Å². The van der Waals surface area contributed by atoms with Crippen LogP contribution in [0.3, 0.4) is 0 Å². The summed E-state index contributed by atoms with van der Waals surface area (Å²) in [6.45, 7) is 2.91. The molecule has 4 heterocycles. The highest BCUT2D eigenvalue weighted by atomic mass is 32.1. The minimum Gasteiger partial charge on any atom is -0.356 e. The van der Waals surface area contributed by atoms with Gasteiger partial charge in [0.05, 0.1) is 6.54 Å². The van der Waals surface area contributed by atoms with Gasteiger partial charge >= 0.3 is 0 Å². The summed E-state index contributed by atoms with van der Waals surface area (Å²) < 4.78 is 2.11. The molecule has 0 radical (unpaired) electrons. The number of nitrogens with one attached hydrogen (secondary N) is 1. The van der Waals surface area contributed by atoms with Gasteiger partial charge in [-0.25, -0.2) is 4.98 Å². The fraction of sp³-hybridized carbons (Fsp3) is 0.438. The van der Waals surface area contributed by atoms with Gasteiger partial charge in [0.25, 0.3) is 0 Å². The van der Waals surface area contributed by atoms with E-state index in [0.717, 1.165) is 40.7 Å². The molecular weight excluding hydrogens is 340 g/mol. The van der Waals surface area contributed by atoms with Crippen LogP contribution in [0.1, 0.15) is 31.4 Å². The molecule has 4 rings (SSSR count). The Kier molecular flexibility index (Phi) is 4.75. The van der Waals surface area contributed by atoms with Gasteiger partial charge in [-0.1, -0.05) is 24.2 Å². The zero-order chi connectivity index (χ0) is 16.2. The van der Waals surface area contributed by atoms with E-state index in [9.17, 15) is 0 Å². The molecular formula is C16H20N6S2. The Morgan fingerprint density at radius 1 is 1.08 bits per heavy atom.